The van der Waals surface area contributed by atoms with E-state index in [1.54, 1.807) is 14.2 Å². The monoisotopic (exact) mass is 537 g/mol. The van der Waals surface area contributed by atoms with Crippen LogP contribution in [0.1, 0.15) is 29.5 Å². The fraction of sp³-hybridized carbons (Fsp3) is 0.391. The summed E-state index contributed by atoms with van der Waals surface area (Å²) in [6.07, 6.45) is 0.463. The zero-order valence-corrected chi connectivity index (χ0v) is 20.8. The van der Waals surface area contributed by atoms with E-state index in [9.17, 15) is 4.79 Å². The molecule has 0 spiro atoms. The molecule has 7 nitrogen and oxygen atoms in total. The van der Waals surface area contributed by atoms with E-state index in [1.165, 1.54) is 5.56 Å². The van der Waals surface area contributed by atoms with Gasteiger partial charge in [-0.1, -0.05) is 30.3 Å². The highest BCUT2D eigenvalue weighted by Gasteiger charge is 2.25. The second-order valence-electron chi connectivity index (χ2n) is 7.63. The molecular weight excluding hydrogens is 505 g/mol. The molecule has 168 valence electrons. The Balaban J connectivity index is 0.00000341. The minimum absolute atomic E-state index is 0. The molecule has 1 aliphatic heterocycles. The van der Waals surface area contributed by atoms with Crippen LogP contribution >= 0.6 is 24.0 Å². The molecule has 0 saturated heterocycles. The molecule has 31 heavy (non-hydrogen) atoms. The Morgan fingerprint density at radius 3 is 2.71 bits per heavy atom. The van der Waals surface area contributed by atoms with E-state index in [0.717, 1.165) is 17.0 Å². The van der Waals surface area contributed by atoms with Gasteiger partial charge in [-0.25, -0.2) is 0 Å². The minimum atomic E-state index is 0. The van der Waals surface area contributed by atoms with Crippen LogP contribution in [0.4, 0.5) is 5.69 Å². The molecule has 8 heteroatoms. The molecule has 0 aromatic heterocycles. The van der Waals surface area contributed by atoms with Gasteiger partial charge in [0.25, 0.3) is 0 Å². The number of amides is 1. The van der Waals surface area contributed by atoms with E-state index in [4.69, 9.17) is 4.74 Å². The summed E-state index contributed by atoms with van der Waals surface area (Å²) >= 11 is 0. The first-order valence-corrected chi connectivity index (χ1v) is 10.2. The number of aliphatic imine (C=N–C) groups is 1. The van der Waals surface area contributed by atoms with Gasteiger partial charge in [0.1, 0.15) is 5.75 Å². The van der Waals surface area contributed by atoms with Crippen LogP contribution in [0.15, 0.2) is 53.5 Å². The van der Waals surface area contributed by atoms with Crippen molar-refractivity contribution in [1.29, 1.82) is 0 Å². The SMILES string of the molecule is CN=C(NCC1CC(=O)Nc2ccccc21)NCC(c1cccc(OC)c1)N(C)C.I. The molecule has 1 amide bonds. The van der Waals surface area contributed by atoms with Crippen LogP contribution < -0.4 is 20.7 Å². The molecule has 3 N–H and O–H groups in total. The highest BCUT2D eigenvalue weighted by Crippen LogP contribution is 2.31. The topological polar surface area (TPSA) is 78.0 Å². The van der Waals surface area contributed by atoms with Crippen LogP contribution in [-0.2, 0) is 4.79 Å². The summed E-state index contributed by atoms with van der Waals surface area (Å²) in [5.74, 6) is 1.72. The van der Waals surface area contributed by atoms with Crippen molar-refractivity contribution in [2.75, 3.05) is 46.7 Å². The zero-order valence-electron chi connectivity index (χ0n) is 18.5. The number of rotatable bonds is 7. The lowest BCUT2D eigenvalue weighted by molar-refractivity contribution is -0.116. The summed E-state index contributed by atoms with van der Waals surface area (Å²) < 4.78 is 5.37. The molecule has 3 rings (SSSR count). The number of ether oxygens (including phenoxy) is 1. The smallest absolute Gasteiger partial charge is 0.225 e. The summed E-state index contributed by atoms with van der Waals surface area (Å²) in [7, 11) is 7.55. The Morgan fingerprint density at radius 2 is 2.00 bits per heavy atom. The number of methoxy groups -OCH3 is 1. The van der Waals surface area contributed by atoms with Gasteiger partial charge in [0.15, 0.2) is 5.96 Å². The van der Waals surface area contributed by atoms with Crippen LogP contribution in [0, 0.1) is 0 Å². The molecule has 0 radical (unpaired) electrons. The van der Waals surface area contributed by atoms with E-state index < -0.39 is 0 Å². The fourth-order valence-corrected chi connectivity index (χ4v) is 3.77. The highest BCUT2D eigenvalue weighted by atomic mass is 127. The Bertz CT molecular complexity index is 903. The van der Waals surface area contributed by atoms with E-state index >= 15 is 0 Å². The molecule has 0 saturated carbocycles. The third kappa shape index (κ3) is 6.57. The zero-order chi connectivity index (χ0) is 21.5. The lowest BCUT2D eigenvalue weighted by Crippen LogP contribution is -2.43. The van der Waals surface area contributed by atoms with Gasteiger partial charge in [0, 0.05) is 38.2 Å². The van der Waals surface area contributed by atoms with Gasteiger partial charge < -0.3 is 25.6 Å². The van der Waals surface area contributed by atoms with Crippen LogP contribution in [-0.4, -0.2) is 58.1 Å². The second-order valence-corrected chi connectivity index (χ2v) is 7.63. The third-order valence-corrected chi connectivity index (χ3v) is 5.41. The molecule has 2 atom stereocenters. The van der Waals surface area contributed by atoms with Crippen LogP contribution in [0.5, 0.6) is 5.75 Å². The number of carbonyl (C=O) groups excluding carboxylic acids is 1. The molecule has 2 aromatic rings. The summed E-state index contributed by atoms with van der Waals surface area (Å²) in [4.78, 5) is 18.6. The number of fused-ring (bicyclic) bond motifs is 1. The Kier molecular flexibility index (Phi) is 9.57. The molecule has 0 bridgehead atoms. The number of anilines is 1. The Hall–Kier alpha value is -2.33. The quantitative estimate of drug-likeness (QED) is 0.287. The number of likely N-dealkylation sites (N-methyl/N-ethyl adjacent to an activating group) is 1. The first kappa shape index (κ1) is 24.9. The minimum Gasteiger partial charge on any atom is -0.497 e. The standard InChI is InChI=1S/C23H31N5O2.HI/c1-24-23(25-14-17-13-22(29)27-20-11-6-5-10-19(17)20)26-15-21(28(2)3)16-8-7-9-18(12-16)30-4;/h5-12,17,21H,13-15H2,1-4H3,(H,27,29)(H2,24,25,26);1H. The molecule has 2 aromatic carbocycles. The normalized spacial score (nSPS) is 16.6. The second kappa shape index (κ2) is 11.9. The van der Waals surface area contributed by atoms with Crippen LogP contribution in [0.25, 0.3) is 0 Å². The molecule has 0 aliphatic carbocycles. The van der Waals surface area contributed by atoms with E-state index in [2.05, 4.69) is 58.1 Å². The first-order chi connectivity index (χ1) is 14.5. The molecule has 1 aliphatic rings. The average molecular weight is 537 g/mol. The Morgan fingerprint density at radius 1 is 1.23 bits per heavy atom. The van der Waals surface area contributed by atoms with Crippen molar-refractivity contribution >= 4 is 41.5 Å². The van der Waals surface area contributed by atoms with Crippen molar-refractivity contribution in [2.24, 2.45) is 4.99 Å². The number of hydrogen-bond donors (Lipinski definition) is 3. The first-order valence-electron chi connectivity index (χ1n) is 10.2. The Labute approximate surface area is 201 Å². The van der Waals surface area contributed by atoms with Crippen molar-refractivity contribution in [1.82, 2.24) is 15.5 Å². The maximum atomic E-state index is 12.0. The molecular formula is C23H32IN5O2. The molecule has 0 fully saturated rings. The summed E-state index contributed by atoms with van der Waals surface area (Å²) in [5, 5.41) is 9.75. The van der Waals surface area contributed by atoms with Crippen molar-refractivity contribution in [3.63, 3.8) is 0 Å². The number of halogens is 1. The van der Waals surface area contributed by atoms with Gasteiger partial charge in [0.05, 0.1) is 13.2 Å². The van der Waals surface area contributed by atoms with Gasteiger partial charge in [-0.3, -0.25) is 9.79 Å². The van der Waals surface area contributed by atoms with Gasteiger partial charge in [-0.2, -0.15) is 0 Å². The number of nitrogens with zero attached hydrogens (tertiary/aromatic N) is 2. The van der Waals surface area contributed by atoms with Crippen molar-refractivity contribution < 1.29 is 9.53 Å². The van der Waals surface area contributed by atoms with Crippen LogP contribution in [0.3, 0.4) is 0 Å². The lowest BCUT2D eigenvalue weighted by atomic mass is 9.90. The van der Waals surface area contributed by atoms with Crippen LogP contribution in [0.2, 0.25) is 0 Å². The molecule has 2 unspecified atom stereocenters. The summed E-state index contributed by atoms with van der Waals surface area (Å²) in [5.41, 5.74) is 3.22. The van der Waals surface area contributed by atoms with Crippen molar-refractivity contribution in [2.45, 2.75) is 18.4 Å². The van der Waals surface area contributed by atoms with Crippen molar-refractivity contribution in [3.8, 4) is 5.75 Å². The van der Waals surface area contributed by atoms with E-state index in [0.29, 0.717) is 25.5 Å². The number of hydrogen-bond acceptors (Lipinski definition) is 4. The van der Waals surface area contributed by atoms with Gasteiger partial charge >= 0.3 is 0 Å². The number of guanidine groups is 1. The lowest BCUT2D eigenvalue weighted by Gasteiger charge is -2.28. The predicted molar refractivity (Wildman–Crippen MR) is 137 cm³/mol. The number of benzene rings is 2. The highest BCUT2D eigenvalue weighted by molar-refractivity contribution is 14.0. The average Bonchev–Trinajstić information content (AvgIpc) is 2.75. The predicted octanol–water partition coefficient (Wildman–Crippen LogP) is 3.21. The van der Waals surface area contributed by atoms with E-state index in [1.807, 2.05) is 30.3 Å². The van der Waals surface area contributed by atoms with E-state index in [-0.39, 0.29) is 41.8 Å². The maximum Gasteiger partial charge on any atom is 0.225 e. The maximum absolute atomic E-state index is 12.0. The largest absolute Gasteiger partial charge is 0.497 e. The van der Waals surface area contributed by atoms with Gasteiger partial charge in [-0.15, -0.1) is 24.0 Å². The molecule has 1 heterocycles. The van der Waals surface area contributed by atoms with Gasteiger partial charge in [-0.05, 0) is 43.4 Å². The number of para-hydroxylation sites is 1. The van der Waals surface area contributed by atoms with Crippen molar-refractivity contribution in [3.05, 3.63) is 59.7 Å². The fourth-order valence-electron chi connectivity index (χ4n) is 3.77. The number of nitrogens with one attached hydrogen (secondary N) is 3. The summed E-state index contributed by atoms with van der Waals surface area (Å²) in [6.45, 7) is 1.32. The third-order valence-electron chi connectivity index (χ3n) is 5.41. The summed E-state index contributed by atoms with van der Waals surface area (Å²) in [6, 6.07) is 16.2. The number of carbonyl (C=O) groups is 1. The van der Waals surface area contributed by atoms with Gasteiger partial charge in [0.2, 0.25) is 5.91 Å².